The van der Waals surface area contributed by atoms with E-state index in [-0.39, 0.29) is 6.10 Å². The zero-order valence-electron chi connectivity index (χ0n) is 12.6. The van der Waals surface area contributed by atoms with Crippen LogP contribution in [0.15, 0.2) is 24.8 Å². The molecule has 20 heavy (non-hydrogen) atoms. The highest BCUT2D eigenvalue weighted by atomic mass is 16.5. The van der Waals surface area contributed by atoms with Crippen LogP contribution in [0.1, 0.15) is 25.0 Å². The first-order valence-electron chi connectivity index (χ1n) is 6.94. The fourth-order valence-corrected chi connectivity index (χ4v) is 2.02. The van der Waals surface area contributed by atoms with E-state index >= 15 is 0 Å². The lowest BCUT2D eigenvalue weighted by Crippen LogP contribution is -2.23. The third-order valence-corrected chi connectivity index (χ3v) is 2.83. The molecule has 0 unspecified atom stereocenters. The standard InChI is InChI=1S/C16H25NO3/c1-5-7-14-8-13(11-17-10-12(3)18)9-15(19-4)16(14)20-6-2/h5,8-9,12,17-18H,1,6-7,10-11H2,2-4H3/t12-/m1/s1. The Labute approximate surface area is 121 Å². The molecule has 4 nitrogen and oxygen atoms in total. The molecule has 1 atom stereocenters. The molecule has 1 aromatic carbocycles. The average molecular weight is 279 g/mol. The van der Waals surface area contributed by atoms with Crippen molar-refractivity contribution in [1.82, 2.24) is 5.32 Å². The summed E-state index contributed by atoms with van der Waals surface area (Å²) in [5.74, 6) is 1.52. The average Bonchev–Trinajstić information content (AvgIpc) is 2.41. The van der Waals surface area contributed by atoms with Crippen molar-refractivity contribution in [2.24, 2.45) is 0 Å². The summed E-state index contributed by atoms with van der Waals surface area (Å²) in [6.45, 7) is 9.33. The zero-order chi connectivity index (χ0) is 15.0. The Hall–Kier alpha value is -1.52. The van der Waals surface area contributed by atoms with E-state index in [1.54, 1.807) is 14.0 Å². The summed E-state index contributed by atoms with van der Waals surface area (Å²) in [6, 6.07) is 4.05. The van der Waals surface area contributed by atoms with Gasteiger partial charge >= 0.3 is 0 Å². The number of hydrogen-bond donors (Lipinski definition) is 2. The van der Waals surface area contributed by atoms with Gasteiger partial charge in [-0.05, 0) is 31.9 Å². The lowest BCUT2D eigenvalue weighted by molar-refractivity contribution is 0.191. The molecule has 1 aromatic rings. The zero-order valence-corrected chi connectivity index (χ0v) is 12.6. The van der Waals surface area contributed by atoms with Crippen LogP contribution in [-0.2, 0) is 13.0 Å². The summed E-state index contributed by atoms with van der Waals surface area (Å²) in [7, 11) is 1.64. The van der Waals surface area contributed by atoms with Gasteiger partial charge in [-0.15, -0.1) is 6.58 Å². The van der Waals surface area contributed by atoms with Crippen LogP contribution in [0, 0.1) is 0 Å². The van der Waals surface area contributed by atoms with Crippen molar-refractivity contribution in [3.63, 3.8) is 0 Å². The summed E-state index contributed by atoms with van der Waals surface area (Å²) < 4.78 is 11.1. The number of methoxy groups -OCH3 is 1. The molecule has 0 fully saturated rings. The minimum Gasteiger partial charge on any atom is -0.493 e. The van der Waals surface area contributed by atoms with Crippen LogP contribution in [0.4, 0.5) is 0 Å². The van der Waals surface area contributed by atoms with Crippen molar-refractivity contribution < 1.29 is 14.6 Å². The molecule has 0 aliphatic heterocycles. The Balaban J connectivity index is 2.96. The lowest BCUT2D eigenvalue weighted by Gasteiger charge is -2.16. The Morgan fingerprint density at radius 3 is 2.75 bits per heavy atom. The first-order chi connectivity index (χ1) is 9.62. The molecule has 1 rings (SSSR count). The molecular formula is C16H25NO3. The minimum atomic E-state index is -0.354. The SMILES string of the molecule is C=CCc1cc(CNC[C@@H](C)O)cc(OC)c1OCC. The molecule has 0 aliphatic rings. The monoisotopic (exact) mass is 279 g/mol. The van der Waals surface area contributed by atoms with Crippen LogP contribution in [0.3, 0.4) is 0 Å². The summed E-state index contributed by atoms with van der Waals surface area (Å²) in [6.07, 6.45) is 2.23. The van der Waals surface area contributed by atoms with Gasteiger partial charge < -0.3 is 19.9 Å². The van der Waals surface area contributed by atoms with Crippen LogP contribution in [0.5, 0.6) is 11.5 Å². The van der Waals surface area contributed by atoms with E-state index in [4.69, 9.17) is 9.47 Å². The first kappa shape index (κ1) is 16.5. The smallest absolute Gasteiger partial charge is 0.164 e. The van der Waals surface area contributed by atoms with Crippen LogP contribution >= 0.6 is 0 Å². The van der Waals surface area contributed by atoms with E-state index in [0.29, 0.717) is 19.7 Å². The van der Waals surface area contributed by atoms with Gasteiger partial charge in [0.1, 0.15) is 0 Å². The van der Waals surface area contributed by atoms with Gasteiger partial charge in [-0.2, -0.15) is 0 Å². The lowest BCUT2D eigenvalue weighted by atomic mass is 10.1. The van der Waals surface area contributed by atoms with E-state index in [9.17, 15) is 5.11 Å². The third-order valence-electron chi connectivity index (χ3n) is 2.83. The van der Waals surface area contributed by atoms with Gasteiger partial charge in [-0.1, -0.05) is 12.1 Å². The molecular weight excluding hydrogens is 254 g/mol. The molecule has 4 heteroatoms. The highest BCUT2D eigenvalue weighted by Crippen LogP contribution is 2.33. The molecule has 0 radical (unpaired) electrons. The maximum atomic E-state index is 9.26. The van der Waals surface area contributed by atoms with E-state index in [1.165, 1.54) is 0 Å². The maximum absolute atomic E-state index is 9.26. The van der Waals surface area contributed by atoms with E-state index in [1.807, 2.05) is 19.1 Å². The van der Waals surface area contributed by atoms with Gasteiger partial charge in [0, 0.05) is 18.7 Å². The van der Waals surface area contributed by atoms with Gasteiger partial charge in [0.2, 0.25) is 0 Å². The van der Waals surface area contributed by atoms with Gasteiger partial charge in [-0.3, -0.25) is 0 Å². The fraction of sp³-hybridized carbons (Fsp3) is 0.500. The van der Waals surface area contributed by atoms with Crippen LogP contribution in [-0.4, -0.2) is 31.5 Å². The highest BCUT2D eigenvalue weighted by Gasteiger charge is 2.12. The topological polar surface area (TPSA) is 50.7 Å². The minimum absolute atomic E-state index is 0.354. The second kappa shape index (κ2) is 8.61. The number of aliphatic hydroxyl groups is 1. The number of hydrogen-bond acceptors (Lipinski definition) is 4. The van der Waals surface area contributed by atoms with Gasteiger partial charge in [0.15, 0.2) is 11.5 Å². The van der Waals surface area contributed by atoms with Crippen molar-refractivity contribution in [2.45, 2.75) is 32.9 Å². The molecule has 0 amide bonds. The largest absolute Gasteiger partial charge is 0.493 e. The maximum Gasteiger partial charge on any atom is 0.164 e. The van der Waals surface area contributed by atoms with Crippen LogP contribution in [0.2, 0.25) is 0 Å². The highest BCUT2D eigenvalue weighted by molar-refractivity contribution is 5.50. The molecule has 0 saturated heterocycles. The molecule has 112 valence electrons. The van der Waals surface area contributed by atoms with Crippen molar-refractivity contribution in [3.8, 4) is 11.5 Å². The summed E-state index contributed by atoms with van der Waals surface area (Å²) >= 11 is 0. The van der Waals surface area contributed by atoms with Gasteiger partial charge in [-0.25, -0.2) is 0 Å². The molecule has 2 N–H and O–H groups in total. The fourth-order valence-electron chi connectivity index (χ4n) is 2.02. The Kier molecular flexibility index (Phi) is 7.12. The quantitative estimate of drug-likeness (QED) is 0.681. The normalized spacial score (nSPS) is 12.0. The van der Waals surface area contributed by atoms with Crippen LogP contribution in [0.25, 0.3) is 0 Å². The molecule has 0 aliphatic carbocycles. The van der Waals surface area contributed by atoms with E-state index in [0.717, 1.165) is 29.0 Å². The summed E-state index contributed by atoms with van der Waals surface area (Å²) in [4.78, 5) is 0. The van der Waals surface area contributed by atoms with Crippen molar-refractivity contribution in [2.75, 3.05) is 20.3 Å². The van der Waals surface area contributed by atoms with Gasteiger partial charge in [0.05, 0.1) is 19.8 Å². The van der Waals surface area contributed by atoms with Crippen molar-refractivity contribution in [1.29, 1.82) is 0 Å². The molecule has 0 aromatic heterocycles. The number of allylic oxidation sites excluding steroid dienone is 1. The molecule has 0 spiro atoms. The number of ether oxygens (including phenoxy) is 2. The Bertz CT molecular complexity index is 430. The predicted octanol–water partition coefficient (Wildman–Crippen LogP) is 2.29. The van der Waals surface area contributed by atoms with E-state index < -0.39 is 0 Å². The predicted molar refractivity (Wildman–Crippen MR) is 81.5 cm³/mol. The van der Waals surface area contributed by atoms with Gasteiger partial charge in [0.25, 0.3) is 0 Å². The molecule has 0 heterocycles. The van der Waals surface area contributed by atoms with Crippen molar-refractivity contribution >= 4 is 0 Å². The Morgan fingerprint density at radius 1 is 1.45 bits per heavy atom. The number of nitrogens with one attached hydrogen (secondary N) is 1. The number of rotatable bonds is 9. The second-order valence-corrected chi connectivity index (χ2v) is 4.69. The number of aliphatic hydroxyl groups excluding tert-OH is 1. The summed E-state index contributed by atoms with van der Waals surface area (Å²) in [5.41, 5.74) is 2.16. The second-order valence-electron chi connectivity index (χ2n) is 4.69. The van der Waals surface area contributed by atoms with Crippen molar-refractivity contribution in [3.05, 3.63) is 35.9 Å². The molecule has 0 saturated carbocycles. The Morgan fingerprint density at radius 2 is 2.20 bits per heavy atom. The van der Waals surface area contributed by atoms with E-state index in [2.05, 4.69) is 18.0 Å². The first-order valence-corrected chi connectivity index (χ1v) is 6.94. The summed E-state index contributed by atoms with van der Waals surface area (Å²) in [5, 5.41) is 12.5. The number of benzene rings is 1. The third kappa shape index (κ3) is 4.87. The molecule has 0 bridgehead atoms. The van der Waals surface area contributed by atoms with Crippen LogP contribution < -0.4 is 14.8 Å².